The van der Waals surface area contributed by atoms with E-state index in [1.807, 2.05) is 0 Å². The number of hydrogen-bond acceptors (Lipinski definition) is 4. The summed E-state index contributed by atoms with van der Waals surface area (Å²) in [5.41, 5.74) is 0.229. The van der Waals surface area contributed by atoms with Crippen LogP contribution in [0.25, 0.3) is 0 Å². The molecule has 0 spiro atoms. The number of rotatable bonds is 7. The fourth-order valence-electron chi connectivity index (χ4n) is 1.50. The van der Waals surface area contributed by atoms with Gasteiger partial charge in [-0.25, -0.2) is 13.6 Å². The molecule has 0 aromatic rings. The van der Waals surface area contributed by atoms with E-state index >= 15 is 0 Å². The highest BCUT2D eigenvalue weighted by Crippen LogP contribution is 2.47. The zero-order valence-corrected chi connectivity index (χ0v) is 9.02. The summed E-state index contributed by atoms with van der Waals surface area (Å²) in [5.74, 6) is -0.0256. The first-order valence-corrected chi connectivity index (χ1v) is 6.51. The van der Waals surface area contributed by atoms with Crippen LogP contribution < -0.4 is 10.5 Å². The smallest absolute Gasteiger partial charge is 0.210 e. The average molecular weight is 222 g/mol. The third-order valence-electron chi connectivity index (χ3n) is 2.66. The molecule has 4 N–H and O–H groups in total. The topological polar surface area (TPSA) is 92.4 Å². The average Bonchev–Trinajstić information content (AvgIpc) is 2.79. The number of sulfonamides is 1. The highest BCUT2D eigenvalue weighted by atomic mass is 32.2. The molecule has 1 aliphatic carbocycles. The van der Waals surface area contributed by atoms with E-state index in [1.54, 1.807) is 0 Å². The standard InChI is InChI=1S/C8H18N2O3S/c9-14(12,13)6-4-10-7-8(1-2-8)3-5-11/h10-11H,1-7H2,(H2,9,12,13). The zero-order chi connectivity index (χ0) is 10.7. The number of nitrogens with one attached hydrogen (secondary N) is 1. The molecule has 0 heterocycles. The maximum absolute atomic E-state index is 10.6. The SMILES string of the molecule is NS(=O)(=O)CCNCC1(CCO)CC1. The van der Waals surface area contributed by atoms with Crippen molar-refractivity contribution in [3.63, 3.8) is 0 Å². The van der Waals surface area contributed by atoms with Gasteiger partial charge in [0.15, 0.2) is 0 Å². The van der Waals surface area contributed by atoms with Crippen LogP contribution in [0.15, 0.2) is 0 Å². The van der Waals surface area contributed by atoms with Gasteiger partial charge < -0.3 is 10.4 Å². The van der Waals surface area contributed by atoms with Gasteiger partial charge in [-0.15, -0.1) is 0 Å². The number of aliphatic hydroxyl groups is 1. The molecule has 0 radical (unpaired) electrons. The van der Waals surface area contributed by atoms with Crippen molar-refractivity contribution in [2.75, 3.05) is 25.4 Å². The van der Waals surface area contributed by atoms with Gasteiger partial charge in [0, 0.05) is 19.7 Å². The van der Waals surface area contributed by atoms with Crippen LogP contribution in [-0.2, 0) is 10.0 Å². The molecule has 6 heteroatoms. The Bertz CT molecular complexity index is 272. The van der Waals surface area contributed by atoms with Crippen molar-refractivity contribution < 1.29 is 13.5 Å². The quantitative estimate of drug-likeness (QED) is 0.483. The molecule has 0 unspecified atom stereocenters. The zero-order valence-electron chi connectivity index (χ0n) is 8.20. The Hall–Kier alpha value is -0.170. The van der Waals surface area contributed by atoms with Crippen LogP contribution in [0.3, 0.4) is 0 Å². The second-order valence-electron chi connectivity index (χ2n) is 4.02. The van der Waals surface area contributed by atoms with Crippen molar-refractivity contribution in [1.29, 1.82) is 0 Å². The summed E-state index contributed by atoms with van der Waals surface area (Å²) in [6.07, 6.45) is 3.04. The second kappa shape index (κ2) is 4.57. The maximum Gasteiger partial charge on any atom is 0.210 e. The van der Waals surface area contributed by atoms with Gasteiger partial charge in [-0.2, -0.15) is 0 Å². The van der Waals surface area contributed by atoms with Crippen molar-refractivity contribution in [3.05, 3.63) is 0 Å². The lowest BCUT2D eigenvalue weighted by Gasteiger charge is -2.13. The van der Waals surface area contributed by atoms with Crippen molar-refractivity contribution in [2.45, 2.75) is 19.3 Å². The monoisotopic (exact) mass is 222 g/mol. The normalized spacial score (nSPS) is 19.6. The van der Waals surface area contributed by atoms with Crippen molar-refractivity contribution >= 4 is 10.0 Å². The third-order valence-corrected chi connectivity index (χ3v) is 3.44. The minimum atomic E-state index is -3.35. The van der Waals surface area contributed by atoms with Crippen LogP contribution >= 0.6 is 0 Å². The van der Waals surface area contributed by atoms with Crippen LogP contribution in [0, 0.1) is 5.41 Å². The second-order valence-corrected chi connectivity index (χ2v) is 5.75. The van der Waals surface area contributed by atoms with Gasteiger partial charge in [-0.05, 0) is 24.7 Å². The van der Waals surface area contributed by atoms with Gasteiger partial charge in [0.2, 0.25) is 10.0 Å². The molecule has 14 heavy (non-hydrogen) atoms. The fraction of sp³-hybridized carbons (Fsp3) is 1.00. The fourth-order valence-corrected chi connectivity index (χ4v) is 1.93. The number of primary sulfonamides is 1. The molecule has 84 valence electrons. The summed E-state index contributed by atoms with van der Waals surface area (Å²) in [4.78, 5) is 0. The summed E-state index contributed by atoms with van der Waals surface area (Å²) in [6, 6.07) is 0. The lowest BCUT2D eigenvalue weighted by atomic mass is 10.0. The van der Waals surface area contributed by atoms with E-state index in [1.165, 1.54) is 0 Å². The Balaban J connectivity index is 2.10. The van der Waals surface area contributed by atoms with Gasteiger partial charge in [-0.3, -0.25) is 0 Å². The first kappa shape index (κ1) is 11.9. The Labute approximate surface area is 84.7 Å². The lowest BCUT2D eigenvalue weighted by Crippen LogP contribution is -2.31. The molecule has 0 aliphatic heterocycles. The van der Waals surface area contributed by atoms with Crippen molar-refractivity contribution in [1.82, 2.24) is 5.32 Å². The predicted octanol–water partition coefficient (Wildman–Crippen LogP) is -0.973. The molecule has 1 rings (SSSR count). The van der Waals surface area contributed by atoms with Gasteiger partial charge in [0.25, 0.3) is 0 Å². The molecule has 0 saturated heterocycles. The van der Waals surface area contributed by atoms with Gasteiger partial charge in [0.05, 0.1) is 5.75 Å². The molecule has 0 amide bonds. The van der Waals surface area contributed by atoms with E-state index in [-0.39, 0.29) is 17.8 Å². The van der Waals surface area contributed by atoms with Crippen LogP contribution in [0.5, 0.6) is 0 Å². The molecule has 1 aliphatic rings. The van der Waals surface area contributed by atoms with E-state index in [0.29, 0.717) is 6.54 Å². The van der Waals surface area contributed by atoms with Crippen molar-refractivity contribution in [2.24, 2.45) is 10.6 Å². The van der Waals surface area contributed by atoms with Gasteiger partial charge in [-0.1, -0.05) is 0 Å². The van der Waals surface area contributed by atoms with Gasteiger partial charge >= 0.3 is 0 Å². The maximum atomic E-state index is 10.6. The van der Waals surface area contributed by atoms with Crippen LogP contribution in [-0.4, -0.2) is 39.0 Å². The minimum absolute atomic E-state index is 0.0256. The summed E-state index contributed by atoms with van der Waals surface area (Å²) in [6.45, 7) is 1.38. The summed E-state index contributed by atoms with van der Waals surface area (Å²) in [5, 5.41) is 16.7. The molecular formula is C8H18N2O3S. The highest BCUT2D eigenvalue weighted by Gasteiger charge is 2.41. The van der Waals surface area contributed by atoms with Crippen LogP contribution in [0.1, 0.15) is 19.3 Å². The third kappa shape index (κ3) is 4.36. The molecule has 1 fully saturated rings. The minimum Gasteiger partial charge on any atom is -0.396 e. The van der Waals surface area contributed by atoms with E-state index in [0.717, 1.165) is 25.8 Å². The Morgan fingerprint density at radius 3 is 2.50 bits per heavy atom. The lowest BCUT2D eigenvalue weighted by molar-refractivity contribution is 0.246. The summed E-state index contributed by atoms with van der Waals surface area (Å²) < 4.78 is 21.2. The largest absolute Gasteiger partial charge is 0.396 e. The predicted molar refractivity (Wildman–Crippen MR) is 54.2 cm³/mol. The number of aliphatic hydroxyl groups excluding tert-OH is 1. The summed E-state index contributed by atoms with van der Waals surface area (Å²) >= 11 is 0. The molecule has 5 nitrogen and oxygen atoms in total. The molecule has 1 saturated carbocycles. The van der Waals surface area contributed by atoms with E-state index in [4.69, 9.17) is 10.2 Å². The van der Waals surface area contributed by atoms with E-state index in [2.05, 4.69) is 5.32 Å². The van der Waals surface area contributed by atoms with Crippen LogP contribution in [0.4, 0.5) is 0 Å². The first-order valence-electron chi connectivity index (χ1n) is 4.80. The number of nitrogens with two attached hydrogens (primary N) is 1. The molecule has 0 atom stereocenters. The molecule has 0 aromatic carbocycles. The van der Waals surface area contributed by atoms with Crippen LogP contribution in [0.2, 0.25) is 0 Å². The first-order chi connectivity index (χ1) is 6.47. The number of hydrogen-bond donors (Lipinski definition) is 3. The van der Waals surface area contributed by atoms with Gasteiger partial charge in [0.1, 0.15) is 0 Å². The summed E-state index contributed by atoms with van der Waals surface area (Å²) in [7, 11) is -3.35. The molecular weight excluding hydrogens is 204 g/mol. The Kier molecular flexibility index (Phi) is 3.88. The Morgan fingerprint density at radius 2 is 2.07 bits per heavy atom. The Morgan fingerprint density at radius 1 is 1.43 bits per heavy atom. The van der Waals surface area contributed by atoms with Crippen molar-refractivity contribution in [3.8, 4) is 0 Å². The molecule has 0 aromatic heterocycles. The van der Waals surface area contributed by atoms with E-state index < -0.39 is 10.0 Å². The van der Waals surface area contributed by atoms with E-state index in [9.17, 15) is 8.42 Å². The molecule has 0 bridgehead atoms. The highest BCUT2D eigenvalue weighted by molar-refractivity contribution is 7.89.